The minimum Gasteiger partial charge on any atom is -0.458 e. The van der Waals surface area contributed by atoms with Crippen molar-refractivity contribution in [1.29, 1.82) is 0 Å². The zero-order chi connectivity index (χ0) is 8.43. The van der Waals surface area contributed by atoms with Gasteiger partial charge in [-0.05, 0) is 13.8 Å². The molecule has 3 nitrogen and oxygen atoms in total. The number of nitrogens with one attached hydrogen (secondary N) is 1. The van der Waals surface area contributed by atoms with Gasteiger partial charge in [0.05, 0.1) is 6.04 Å². The highest BCUT2D eigenvalue weighted by atomic mass is 16.5. The van der Waals surface area contributed by atoms with Gasteiger partial charge in [0.25, 0.3) is 0 Å². The van der Waals surface area contributed by atoms with Gasteiger partial charge in [-0.2, -0.15) is 0 Å². The van der Waals surface area contributed by atoms with Gasteiger partial charge in [-0.25, -0.2) is 4.79 Å². The molecule has 1 heterocycles. The van der Waals surface area contributed by atoms with Crippen LogP contribution in [0.2, 0.25) is 0 Å². The predicted molar refractivity (Wildman–Crippen MR) is 42.2 cm³/mol. The molecule has 1 N–H and O–H groups in total. The minimum absolute atomic E-state index is 0.0285. The van der Waals surface area contributed by atoms with Crippen LogP contribution in [0.1, 0.15) is 13.8 Å². The molecule has 0 spiro atoms. The Morgan fingerprint density at radius 2 is 2.36 bits per heavy atom. The van der Waals surface area contributed by atoms with Gasteiger partial charge >= 0.3 is 5.97 Å². The third-order valence-electron chi connectivity index (χ3n) is 1.65. The van der Waals surface area contributed by atoms with Crippen molar-refractivity contribution < 1.29 is 9.53 Å². The van der Waals surface area contributed by atoms with Crippen LogP contribution < -0.4 is 5.32 Å². The van der Waals surface area contributed by atoms with Crippen LogP contribution in [0.15, 0.2) is 12.2 Å². The lowest BCUT2D eigenvalue weighted by Crippen LogP contribution is -2.22. The second-order valence-electron chi connectivity index (χ2n) is 2.91. The van der Waals surface area contributed by atoms with E-state index >= 15 is 0 Å². The number of ether oxygens (including phenoxy) is 1. The molecule has 2 unspecified atom stereocenters. The molecule has 1 aliphatic heterocycles. The van der Waals surface area contributed by atoms with Crippen molar-refractivity contribution in [1.82, 2.24) is 5.32 Å². The summed E-state index contributed by atoms with van der Waals surface area (Å²) >= 11 is 0. The van der Waals surface area contributed by atoms with Crippen molar-refractivity contribution in [3.8, 4) is 0 Å². The average molecular weight is 155 g/mol. The van der Waals surface area contributed by atoms with E-state index in [9.17, 15) is 4.79 Å². The molecule has 0 aromatic carbocycles. The van der Waals surface area contributed by atoms with Gasteiger partial charge in [-0.3, -0.25) is 0 Å². The smallest absolute Gasteiger partial charge is 0.333 e. The van der Waals surface area contributed by atoms with Gasteiger partial charge in [0.15, 0.2) is 0 Å². The lowest BCUT2D eigenvalue weighted by Gasteiger charge is -2.10. The van der Waals surface area contributed by atoms with Crippen LogP contribution >= 0.6 is 0 Å². The maximum atomic E-state index is 10.9. The molecule has 0 amide bonds. The Hall–Kier alpha value is -0.830. The molecule has 1 rings (SSSR count). The number of hydrogen-bond donors (Lipinski definition) is 1. The third-order valence-corrected chi connectivity index (χ3v) is 1.65. The average Bonchev–Trinajstić information content (AvgIpc) is 2.67. The number of rotatable bonds is 3. The van der Waals surface area contributed by atoms with Gasteiger partial charge in [0.1, 0.15) is 6.10 Å². The molecule has 0 aromatic heterocycles. The van der Waals surface area contributed by atoms with E-state index in [0.29, 0.717) is 11.6 Å². The summed E-state index contributed by atoms with van der Waals surface area (Å²) in [6, 6.07) is 0.360. The number of esters is 1. The van der Waals surface area contributed by atoms with Crippen LogP contribution in [0, 0.1) is 0 Å². The fraction of sp³-hybridized carbons (Fsp3) is 0.625. The van der Waals surface area contributed by atoms with Crippen molar-refractivity contribution in [3.63, 3.8) is 0 Å². The number of carbonyl (C=O) groups is 1. The molecular formula is C8H13NO2. The molecule has 0 aromatic rings. The summed E-state index contributed by atoms with van der Waals surface area (Å²) in [5, 5.41) is 3.07. The Morgan fingerprint density at radius 3 is 2.73 bits per heavy atom. The van der Waals surface area contributed by atoms with Crippen molar-refractivity contribution in [2.75, 3.05) is 6.54 Å². The highest BCUT2D eigenvalue weighted by Crippen LogP contribution is 2.09. The molecule has 1 fully saturated rings. The summed E-state index contributed by atoms with van der Waals surface area (Å²) in [7, 11) is 0. The first-order valence-corrected chi connectivity index (χ1v) is 3.71. The predicted octanol–water partition coefficient (Wildman–Crippen LogP) is 0.466. The maximum absolute atomic E-state index is 10.9. The van der Waals surface area contributed by atoms with Crippen LogP contribution in [0.5, 0.6) is 0 Å². The monoisotopic (exact) mass is 155 g/mol. The molecule has 62 valence electrons. The van der Waals surface area contributed by atoms with E-state index in [2.05, 4.69) is 11.9 Å². The zero-order valence-electron chi connectivity index (χ0n) is 6.89. The summed E-state index contributed by atoms with van der Waals surface area (Å²) in [5.41, 5.74) is 0.456. The van der Waals surface area contributed by atoms with Crippen LogP contribution in [0.3, 0.4) is 0 Å². The van der Waals surface area contributed by atoms with Gasteiger partial charge in [0, 0.05) is 12.1 Å². The second kappa shape index (κ2) is 3.05. The minimum atomic E-state index is -0.300. The third kappa shape index (κ3) is 2.35. The zero-order valence-corrected chi connectivity index (χ0v) is 6.89. The van der Waals surface area contributed by atoms with Crippen LogP contribution in [-0.2, 0) is 9.53 Å². The van der Waals surface area contributed by atoms with E-state index in [-0.39, 0.29) is 12.1 Å². The normalized spacial score (nSPS) is 24.0. The second-order valence-corrected chi connectivity index (χ2v) is 2.91. The molecule has 1 saturated heterocycles. The highest BCUT2D eigenvalue weighted by molar-refractivity contribution is 5.87. The van der Waals surface area contributed by atoms with E-state index < -0.39 is 0 Å². The molecule has 0 saturated carbocycles. The van der Waals surface area contributed by atoms with Gasteiger partial charge in [-0.1, -0.05) is 6.58 Å². The summed E-state index contributed by atoms with van der Waals surface area (Å²) in [6.45, 7) is 7.97. The van der Waals surface area contributed by atoms with Crippen molar-refractivity contribution in [3.05, 3.63) is 12.2 Å². The Kier molecular flexibility index (Phi) is 2.29. The fourth-order valence-electron chi connectivity index (χ4n) is 0.752. The topological polar surface area (TPSA) is 48.2 Å². The molecule has 0 aliphatic carbocycles. The summed E-state index contributed by atoms with van der Waals surface area (Å²) in [6.07, 6.45) is -0.0285. The van der Waals surface area contributed by atoms with E-state index in [1.165, 1.54) is 0 Å². The molecule has 0 radical (unpaired) electrons. The number of carbonyl (C=O) groups excluding carboxylic acids is 1. The number of hydrogen-bond acceptors (Lipinski definition) is 3. The van der Waals surface area contributed by atoms with Crippen molar-refractivity contribution >= 4 is 5.97 Å². The van der Waals surface area contributed by atoms with Gasteiger partial charge < -0.3 is 10.1 Å². The van der Waals surface area contributed by atoms with Crippen LogP contribution in [0.4, 0.5) is 0 Å². The molecule has 0 bridgehead atoms. The lowest BCUT2D eigenvalue weighted by molar-refractivity contribution is -0.143. The molecule has 3 heteroatoms. The van der Waals surface area contributed by atoms with Crippen molar-refractivity contribution in [2.45, 2.75) is 26.0 Å². The van der Waals surface area contributed by atoms with Crippen LogP contribution in [-0.4, -0.2) is 24.7 Å². The summed E-state index contributed by atoms with van der Waals surface area (Å²) < 4.78 is 5.03. The van der Waals surface area contributed by atoms with E-state index in [1.54, 1.807) is 6.92 Å². The Bertz CT molecular complexity index is 185. The summed E-state index contributed by atoms with van der Waals surface area (Å²) in [5.74, 6) is -0.300. The quantitative estimate of drug-likeness (QED) is 0.366. The Balaban J connectivity index is 2.28. The lowest BCUT2D eigenvalue weighted by atomic mass is 10.3. The van der Waals surface area contributed by atoms with Gasteiger partial charge in [0.2, 0.25) is 0 Å². The first-order chi connectivity index (χ1) is 5.11. The first-order valence-electron chi connectivity index (χ1n) is 3.71. The van der Waals surface area contributed by atoms with Crippen LogP contribution in [0.25, 0.3) is 0 Å². The highest BCUT2D eigenvalue weighted by Gasteiger charge is 2.29. The summed E-state index contributed by atoms with van der Waals surface area (Å²) in [4.78, 5) is 10.9. The van der Waals surface area contributed by atoms with Crippen molar-refractivity contribution in [2.24, 2.45) is 0 Å². The van der Waals surface area contributed by atoms with E-state index in [4.69, 9.17) is 4.74 Å². The fourth-order valence-corrected chi connectivity index (χ4v) is 0.752. The van der Waals surface area contributed by atoms with Gasteiger partial charge in [-0.15, -0.1) is 0 Å². The van der Waals surface area contributed by atoms with E-state index in [0.717, 1.165) is 6.54 Å². The first kappa shape index (κ1) is 8.27. The standard InChI is InChI=1S/C8H13NO2/c1-5(2)8(10)11-6(3)7-4-9-7/h6-7,9H,1,4H2,2-3H3. The molecule has 2 atom stereocenters. The van der Waals surface area contributed by atoms with E-state index in [1.807, 2.05) is 6.92 Å². The Morgan fingerprint density at radius 1 is 1.82 bits per heavy atom. The SMILES string of the molecule is C=C(C)C(=O)OC(C)C1CN1. The largest absolute Gasteiger partial charge is 0.458 e. The molecular weight excluding hydrogens is 142 g/mol. The molecule has 1 aliphatic rings. The Labute approximate surface area is 66.4 Å². The molecule has 11 heavy (non-hydrogen) atoms. The maximum Gasteiger partial charge on any atom is 0.333 e.